The lowest BCUT2D eigenvalue weighted by Gasteiger charge is -2.10. The van der Waals surface area contributed by atoms with Crippen LogP contribution in [0.4, 0.5) is 17.2 Å². The van der Waals surface area contributed by atoms with E-state index >= 15 is 0 Å². The molecule has 3 rings (SSSR count). The molecule has 0 spiro atoms. The van der Waals surface area contributed by atoms with Crippen molar-refractivity contribution >= 4 is 34.7 Å². The summed E-state index contributed by atoms with van der Waals surface area (Å²) in [5, 5.41) is 6.53. The molecule has 6 nitrogen and oxygen atoms in total. The van der Waals surface area contributed by atoms with Gasteiger partial charge in [-0.05, 0) is 48.9 Å². The zero-order valence-electron chi connectivity index (χ0n) is 14.3. The van der Waals surface area contributed by atoms with Crippen molar-refractivity contribution in [2.24, 2.45) is 0 Å². The second kappa shape index (κ2) is 7.84. The maximum absolute atomic E-state index is 12.5. The molecule has 132 valence electrons. The summed E-state index contributed by atoms with van der Waals surface area (Å²) in [7, 11) is 1.61. The molecule has 0 atom stereocenters. The Hall–Kier alpha value is -3.12. The van der Waals surface area contributed by atoms with Crippen LogP contribution in [0.5, 0.6) is 5.75 Å². The Bertz CT molecular complexity index is 929. The summed E-state index contributed by atoms with van der Waals surface area (Å²) in [6.07, 6.45) is 1.34. The number of carbonyl (C=O) groups is 1. The molecule has 0 saturated heterocycles. The van der Waals surface area contributed by atoms with Crippen LogP contribution in [0.3, 0.4) is 0 Å². The minimum absolute atomic E-state index is 0.246. The molecule has 2 N–H and O–H groups in total. The number of nitrogens with zero attached hydrogens (tertiary/aromatic N) is 2. The Kier molecular flexibility index (Phi) is 5.34. The molecule has 1 aromatic heterocycles. The van der Waals surface area contributed by atoms with Gasteiger partial charge in [0.2, 0.25) is 0 Å². The summed E-state index contributed by atoms with van der Waals surface area (Å²) in [5.41, 5.74) is 2.51. The molecule has 0 fully saturated rings. The average Bonchev–Trinajstić information content (AvgIpc) is 2.66. The summed E-state index contributed by atoms with van der Waals surface area (Å²) in [4.78, 5) is 20.7. The van der Waals surface area contributed by atoms with Gasteiger partial charge in [0.1, 0.15) is 23.6 Å². The molecular weight excluding hydrogens is 352 g/mol. The van der Waals surface area contributed by atoms with Crippen molar-refractivity contribution in [3.05, 3.63) is 71.1 Å². The largest absolute Gasteiger partial charge is 0.497 e. The first-order chi connectivity index (χ1) is 12.6. The van der Waals surface area contributed by atoms with Crippen LogP contribution >= 0.6 is 11.6 Å². The highest BCUT2D eigenvalue weighted by molar-refractivity contribution is 6.31. The highest BCUT2D eigenvalue weighted by atomic mass is 35.5. The number of benzene rings is 2. The van der Waals surface area contributed by atoms with Gasteiger partial charge in [0.15, 0.2) is 0 Å². The summed E-state index contributed by atoms with van der Waals surface area (Å²) >= 11 is 6.08. The van der Waals surface area contributed by atoms with Crippen molar-refractivity contribution in [1.29, 1.82) is 0 Å². The fraction of sp³-hybridized carbons (Fsp3) is 0.105. The Balaban J connectivity index is 1.75. The first-order valence-electron chi connectivity index (χ1n) is 7.86. The number of hydrogen-bond donors (Lipinski definition) is 2. The van der Waals surface area contributed by atoms with Gasteiger partial charge in [-0.1, -0.05) is 17.7 Å². The standard InChI is InChI=1S/C19H17ClN4O2/c1-12-15(20)4-3-5-16(12)24-19(25)17-10-18(22-11-21-17)23-13-6-8-14(26-2)9-7-13/h3-11H,1-2H3,(H,24,25)(H,21,22,23). The van der Waals surface area contributed by atoms with E-state index in [4.69, 9.17) is 16.3 Å². The number of halogens is 1. The smallest absolute Gasteiger partial charge is 0.274 e. The van der Waals surface area contributed by atoms with Crippen molar-refractivity contribution in [2.45, 2.75) is 6.92 Å². The fourth-order valence-corrected chi connectivity index (χ4v) is 2.48. The second-order valence-corrected chi connectivity index (χ2v) is 5.92. The average molecular weight is 369 g/mol. The number of aromatic nitrogens is 2. The van der Waals surface area contributed by atoms with Crippen LogP contribution in [0.25, 0.3) is 0 Å². The number of nitrogens with one attached hydrogen (secondary N) is 2. The SMILES string of the molecule is COc1ccc(Nc2cc(C(=O)Nc3cccc(Cl)c3C)ncn2)cc1. The van der Waals surface area contributed by atoms with Crippen LogP contribution in [-0.2, 0) is 0 Å². The number of rotatable bonds is 5. The second-order valence-electron chi connectivity index (χ2n) is 5.51. The van der Waals surface area contributed by atoms with Crippen molar-refractivity contribution in [2.75, 3.05) is 17.7 Å². The van der Waals surface area contributed by atoms with Crippen LogP contribution in [-0.4, -0.2) is 23.0 Å². The molecular formula is C19H17ClN4O2. The molecule has 0 saturated carbocycles. The third-order valence-electron chi connectivity index (χ3n) is 3.78. The van der Waals surface area contributed by atoms with E-state index in [2.05, 4.69) is 20.6 Å². The molecule has 0 bridgehead atoms. The zero-order chi connectivity index (χ0) is 18.5. The lowest BCUT2D eigenvalue weighted by molar-refractivity contribution is 0.102. The zero-order valence-corrected chi connectivity index (χ0v) is 15.0. The lowest BCUT2D eigenvalue weighted by Crippen LogP contribution is -2.15. The van der Waals surface area contributed by atoms with Gasteiger partial charge in [0, 0.05) is 22.5 Å². The fourth-order valence-electron chi connectivity index (χ4n) is 2.30. The van der Waals surface area contributed by atoms with Gasteiger partial charge in [0.25, 0.3) is 5.91 Å². The van der Waals surface area contributed by atoms with Gasteiger partial charge >= 0.3 is 0 Å². The minimum Gasteiger partial charge on any atom is -0.497 e. The summed E-state index contributed by atoms with van der Waals surface area (Å²) in [6, 6.07) is 14.3. The van der Waals surface area contributed by atoms with Gasteiger partial charge in [-0.3, -0.25) is 4.79 Å². The van der Waals surface area contributed by atoms with E-state index in [1.807, 2.05) is 31.2 Å². The first kappa shape index (κ1) is 17.7. The minimum atomic E-state index is -0.337. The number of carbonyl (C=O) groups excluding carboxylic acids is 1. The predicted molar refractivity (Wildman–Crippen MR) is 102 cm³/mol. The quantitative estimate of drug-likeness (QED) is 0.696. The summed E-state index contributed by atoms with van der Waals surface area (Å²) < 4.78 is 5.13. The maximum Gasteiger partial charge on any atom is 0.274 e. The summed E-state index contributed by atoms with van der Waals surface area (Å²) in [6.45, 7) is 1.84. The van der Waals surface area contributed by atoms with Crippen molar-refractivity contribution in [3.8, 4) is 5.75 Å². The number of hydrogen-bond acceptors (Lipinski definition) is 5. The molecule has 1 heterocycles. The normalized spacial score (nSPS) is 10.3. The highest BCUT2D eigenvalue weighted by Crippen LogP contribution is 2.24. The Morgan fingerprint density at radius 2 is 1.88 bits per heavy atom. The number of methoxy groups -OCH3 is 1. The van der Waals surface area contributed by atoms with E-state index in [9.17, 15) is 4.79 Å². The van der Waals surface area contributed by atoms with E-state index in [0.29, 0.717) is 16.5 Å². The third kappa shape index (κ3) is 4.10. The van der Waals surface area contributed by atoms with E-state index in [0.717, 1.165) is 17.0 Å². The number of ether oxygens (including phenoxy) is 1. The molecule has 26 heavy (non-hydrogen) atoms. The number of anilines is 3. The third-order valence-corrected chi connectivity index (χ3v) is 4.19. The lowest BCUT2D eigenvalue weighted by atomic mass is 10.2. The van der Waals surface area contributed by atoms with Crippen molar-refractivity contribution < 1.29 is 9.53 Å². The molecule has 7 heteroatoms. The van der Waals surface area contributed by atoms with Gasteiger partial charge in [-0.25, -0.2) is 9.97 Å². The van der Waals surface area contributed by atoms with Crippen LogP contribution in [0.15, 0.2) is 54.9 Å². The van der Waals surface area contributed by atoms with E-state index in [1.165, 1.54) is 6.33 Å². The Morgan fingerprint density at radius 1 is 1.12 bits per heavy atom. The Morgan fingerprint density at radius 3 is 2.62 bits per heavy atom. The van der Waals surface area contributed by atoms with Crippen LogP contribution < -0.4 is 15.4 Å². The molecule has 1 amide bonds. The van der Waals surface area contributed by atoms with E-state index in [-0.39, 0.29) is 11.6 Å². The summed E-state index contributed by atoms with van der Waals surface area (Å²) in [5.74, 6) is 0.934. The molecule has 0 aliphatic heterocycles. The monoisotopic (exact) mass is 368 g/mol. The van der Waals surface area contributed by atoms with Gasteiger partial charge < -0.3 is 15.4 Å². The predicted octanol–water partition coefficient (Wildman–Crippen LogP) is 4.44. The molecule has 0 aliphatic rings. The van der Waals surface area contributed by atoms with E-state index in [1.54, 1.807) is 31.4 Å². The number of amides is 1. The van der Waals surface area contributed by atoms with Gasteiger partial charge in [-0.15, -0.1) is 0 Å². The van der Waals surface area contributed by atoms with Crippen LogP contribution in [0.1, 0.15) is 16.1 Å². The highest BCUT2D eigenvalue weighted by Gasteiger charge is 2.11. The molecule has 0 radical (unpaired) electrons. The maximum atomic E-state index is 12.5. The Labute approximate surface area is 156 Å². The molecule has 3 aromatic rings. The molecule has 2 aromatic carbocycles. The molecule has 0 aliphatic carbocycles. The molecule has 0 unspecified atom stereocenters. The first-order valence-corrected chi connectivity index (χ1v) is 8.24. The van der Waals surface area contributed by atoms with Crippen molar-refractivity contribution in [1.82, 2.24) is 9.97 Å². The van der Waals surface area contributed by atoms with Crippen molar-refractivity contribution in [3.63, 3.8) is 0 Å². The van der Waals surface area contributed by atoms with Crippen LogP contribution in [0.2, 0.25) is 5.02 Å². The van der Waals surface area contributed by atoms with Gasteiger partial charge in [0.05, 0.1) is 7.11 Å². The van der Waals surface area contributed by atoms with E-state index < -0.39 is 0 Å². The van der Waals surface area contributed by atoms with Gasteiger partial charge in [-0.2, -0.15) is 0 Å². The van der Waals surface area contributed by atoms with Crippen LogP contribution in [0, 0.1) is 6.92 Å². The topological polar surface area (TPSA) is 76.1 Å².